The summed E-state index contributed by atoms with van der Waals surface area (Å²) in [6.45, 7) is 2.39. The number of fused-ring (bicyclic) bond motifs is 1. The number of H-pyrrole nitrogens is 1. The van der Waals surface area contributed by atoms with Crippen molar-refractivity contribution in [2.75, 3.05) is 13.1 Å². The summed E-state index contributed by atoms with van der Waals surface area (Å²) in [7, 11) is -3.75. The SMILES string of the molecule is Cc1ccc(S(=O)(=O)N2CCC(c3c[nH]c4ccccc34)CC2)cc1[N+](=O)[O-]. The van der Waals surface area contributed by atoms with E-state index in [1.807, 2.05) is 24.4 Å². The molecule has 146 valence electrons. The molecule has 0 saturated carbocycles. The van der Waals surface area contributed by atoms with Gasteiger partial charge in [0.2, 0.25) is 10.0 Å². The lowest BCUT2D eigenvalue weighted by Crippen LogP contribution is -2.37. The first-order valence-electron chi connectivity index (χ1n) is 9.19. The number of piperidine rings is 1. The quantitative estimate of drug-likeness (QED) is 0.531. The molecule has 1 aliphatic heterocycles. The van der Waals surface area contributed by atoms with Gasteiger partial charge < -0.3 is 4.98 Å². The number of rotatable bonds is 4. The van der Waals surface area contributed by atoms with Crippen LogP contribution in [0.1, 0.15) is 29.9 Å². The van der Waals surface area contributed by atoms with Crippen LogP contribution in [-0.4, -0.2) is 35.7 Å². The van der Waals surface area contributed by atoms with Crippen LogP contribution >= 0.6 is 0 Å². The van der Waals surface area contributed by atoms with E-state index in [-0.39, 0.29) is 16.5 Å². The van der Waals surface area contributed by atoms with Crippen molar-refractivity contribution >= 4 is 26.6 Å². The van der Waals surface area contributed by atoms with Crippen LogP contribution in [0.4, 0.5) is 5.69 Å². The van der Waals surface area contributed by atoms with Gasteiger partial charge in [-0.25, -0.2) is 8.42 Å². The van der Waals surface area contributed by atoms with Crippen LogP contribution in [0.25, 0.3) is 10.9 Å². The Morgan fingerprint density at radius 2 is 1.86 bits per heavy atom. The molecule has 1 fully saturated rings. The fourth-order valence-electron chi connectivity index (χ4n) is 3.93. The van der Waals surface area contributed by atoms with Gasteiger partial charge in [0.1, 0.15) is 0 Å². The maximum Gasteiger partial charge on any atom is 0.273 e. The first kappa shape index (κ1) is 18.6. The number of hydrogen-bond donors (Lipinski definition) is 1. The van der Waals surface area contributed by atoms with Crippen LogP contribution in [0.3, 0.4) is 0 Å². The highest BCUT2D eigenvalue weighted by Gasteiger charge is 2.31. The number of nitro groups is 1. The number of nitrogens with zero attached hydrogens (tertiary/aromatic N) is 2. The van der Waals surface area contributed by atoms with Crippen molar-refractivity contribution < 1.29 is 13.3 Å². The van der Waals surface area contributed by atoms with E-state index in [0.29, 0.717) is 18.7 Å². The Morgan fingerprint density at radius 3 is 2.57 bits per heavy atom. The Hall–Kier alpha value is -2.71. The Balaban J connectivity index is 1.54. The molecule has 1 aromatic heterocycles. The van der Waals surface area contributed by atoms with E-state index in [1.165, 1.54) is 27.4 Å². The number of nitrogens with one attached hydrogen (secondary N) is 1. The Bertz CT molecular complexity index is 1150. The second-order valence-corrected chi connectivity index (χ2v) is 9.11. The topological polar surface area (TPSA) is 96.3 Å². The Morgan fingerprint density at radius 1 is 1.14 bits per heavy atom. The van der Waals surface area contributed by atoms with Crippen molar-refractivity contribution in [1.82, 2.24) is 9.29 Å². The number of nitro benzene ring substituents is 1. The van der Waals surface area contributed by atoms with Gasteiger partial charge in [-0.3, -0.25) is 10.1 Å². The highest BCUT2D eigenvalue weighted by molar-refractivity contribution is 7.89. The molecular weight excluding hydrogens is 378 g/mol. The molecule has 0 spiro atoms. The molecule has 2 heterocycles. The first-order valence-corrected chi connectivity index (χ1v) is 10.6. The number of aryl methyl sites for hydroxylation is 1. The Labute approximate surface area is 163 Å². The molecule has 4 rings (SSSR count). The lowest BCUT2D eigenvalue weighted by molar-refractivity contribution is -0.385. The zero-order valence-corrected chi connectivity index (χ0v) is 16.3. The second-order valence-electron chi connectivity index (χ2n) is 7.17. The third kappa shape index (κ3) is 3.18. The smallest absolute Gasteiger partial charge is 0.273 e. The molecule has 0 aliphatic carbocycles. The van der Waals surface area contributed by atoms with Gasteiger partial charge in [0.15, 0.2) is 0 Å². The fourth-order valence-corrected chi connectivity index (χ4v) is 5.42. The van der Waals surface area contributed by atoms with Gasteiger partial charge in [0.05, 0.1) is 9.82 Å². The predicted octanol–water partition coefficient (Wildman–Crippen LogP) is 3.95. The van der Waals surface area contributed by atoms with Crippen LogP contribution in [0.2, 0.25) is 0 Å². The van der Waals surface area contributed by atoms with E-state index in [9.17, 15) is 18.5 Å². The minimum atomic E-state index is -3.75. The van der Waals surface area contributed by atoms with Crippen molar-refractivity contribution in [3.63, 3.8) is 0 Å². The molecular formula is C20H21N3O4S. The van der Waals surface area contributed by atoms with Crippen molar-refractivity contribution in [1.29, 1.82) is 0 Å². The molecule has 1 aliphatic rings. The van der Waals surface area contributed by atoms with E-state index >= 15 is 0 Å². The van der Waals surface area contributed by atoms with Crippen LogP contribution in [0, 0.1) is 17.0 Å². The summed E-state index contributed by atoms with van der Waals surface area (Å²) < 4.78 is 27.4. The van der Waals surface area contributed by atoms with Crippen molar-refractivity contribution in [3.05, 3.63) is 69.9 Å². The standard InChI is InChI=1S/C20H21N3O4S/c1-14-6-7-16(12-20(14)23(24)25)28(26,27)22-10-8-15(9-11-22)18-13-21-19-5-3-2-4-17(18)19/h2-7,12-13,15,21H,8-11H2,1H3. The first-order chi connectivity index (χ1) is 13.4. The Kier molecular flexibility index (Phi) is 4.68. The zero-order chi connectivity index (χ0) is 19.9. The summed E-state index contributed by atoms with van der Waals surface area (Å²) in [5, 5.41) is 12.3. The maximum absolute atomic E-state index is 13.0. The summed E-state index contributed by atoms with van der Waals surface area (Å²) in [6.07, 6.45) is 3.45. The summed E-state index contributed by atoms with van der Waals surface area (Å²) in [6, 6.07) is 12.2. The number of sulfonamides is 1. The molecule has 0 radical (unpaired) electrons. The summed E-state index contributed by atoms with van der Waals surface area (Å²) in [4.78, 5) is 13.9. The number of benzene rings is 2. The second kappa shape index (κ2) is 7.03. The molecule has 0 atom stereocenters. The highest BCUT2D eigenvalue weighted by Crippen LogP contribution is 2.35. The van der Waals surface area contributed by atoms with Gasteiger partial charge in [-0.05, 0) is 43.4 Å². The van der Waals surface area contributed by atoms with Gasteiger partial charge >= 0.3 is 0 Å². The van der Waals surface area contributed by atoms with Gasteiger partial charge in [-0.1, -0.05) is 24.3 Å². The van der Waals surface area contributed by atoms with E-state index in [2.05, 4.69) is 11.1 Å². The molecule has 1 saturated heterocycles. The molecule has 0 bridgehead atoms. The van der Waals surface area contributed by atoms with Gasteiger partial charge in [-0.15, -0.1) is 0 Å². The lowest BCUT2D eigenvalue weighted by atomic mass is 9.90. The average Bonchev–Trinajstić information content (AvgIpc) is 3.12. The van der Waals surface area contributed by atoms with E-state index in [4.69, 9.17) is 0 Å². The molecule has 0 amide bonds. The predicted molar refractivity (Wildman–Crippen MR) is 107 cm³/mol. The van der Waals surface area contributed by atoms with Crippen molar-refractivity contribution in [3.8, 4) is 0 Å². The molecule has 8 heteroatoms. The minimum absolute atomic E-state index is 0.0182. The van der Waals surface area contributed by atoms with Gasteiger partial charge in [0.25, 0.3) is 5.69 Å². The summed E-state index contributed by atoms with van der Waals surface area (Å²) in [5.74, 6) is 0.287. The van der Waals surface area contributed by atoms with Crippen LogP contribution in [-0.2, 0) is 10.0 Å². The normalized spacial score (nSPS) is 16.5. The third-order valence-electron chi connectivity index (χ3n) is 5.53. The van der Waals surface area contributed by atoms with Crippen LogP contribution < -0.4 is 0 Å². The highest BCUT2D eigenvalue weighted by atomic mass is 32.2. The maximum atomic E-state index is 13.0. The molecule has 1 N–H and O–H groups in total. The van der Waals surface area contributed by atoms with E-state index < -0.39 is 14.9 Å². The lowest BCUT2D eigenvalue weighted by Gasteiger charge is -2.31. The summed E-state index contributed by atoms with van der Waals surface area (Å²) >= 11 is 0. The molecule has 28 heavy (non-hydrogen) atoms. The largest absolute Gasteiger partial charge is 0.361 e. The van der Waals surface area contributed by atoms with Crippen molar-refractivity contribution in [2.45, 2.75) is 30.6 Å². The average molecular weight is 399 g/mol. The van der Waals surface area contributed by atoms with Gasteiger partial charge in [0, 0.05) is 41.8 Å². The van der Waals surface area contributed by atoms with Gasteiger partial charge in [-0.2, -0.15) is 4.31 Å². The summed E-state index contributed by atoms with van der Waals surface area (Å²) in [5.41, 5.74) is 2.58. The molecule has 3 aromatic rings. The van der Waals surface area contributed by atoms with Crippen molar-refractivity contribution in [2.24, 2.45) is 0 Å². The minimum Gasteiger partial charge on any atom is -0.361 e. The van der Waals surface area contributed by atoms with Crippen LogP contribution in [0.5, 0.6) is 0 Å². The van der Waals surface area contributed by atoms with Crippen LogP contribution in [0.15, 0.2) is 53.6 Å². The van der Waals surface area contributed by atoms with E-state index in [1.54, 1.807) is 6.92 Å². The zero-order valence-electron chi connectivity index (χ0n) is 15.5. The third-order valence-corrected chi connectivity index (χ3v) is 7.42. The number of aromatic amines is 1. The fraction of sp³-hybridized carbons (Fsp3) is 0.300. The molecule has 7 nitrogen and oxygen atoms in total. The molecule has 2 aromatic carbocycles. The van der Waals surface area contributed by atoms with E-state index in [0.717, 1.165) is 24.4 Å². The number of para-hydroxylation sites is 1. The monoisotopic (exact) mass is 399 g/mol. The molecule has 0 unspecified atom stereocenters. The number of aromatic nitrogens is 1. The number of hydrogen-bond acceptors (Lipinski definition) is 4.